The van der Waals surface area contributed by atoms with Gasteiger partial charge < -0.3 is 19.6 Å². The summed E-state index contributed by atoms with van der Waals surface area (Å²) in [7, 11) is 0. The largest absolute Gasteiger partial charge is 0.489 e. The summed E-state index contributed by atoms with van der Waals surface area (Å²) in [5.41, 5.74) is 2.46. The molecule has 0 spiro atoms. The molecule has 5 nitrogen and oxygen atoms in total. The second-order valence-electron chi connectivity index (χ2n) is 8.31. The maximum absolute atomic E-state index is 12.4. The highest BCUT2D eigenvalue weighted by molar-refractivity contribution is 5.98. The topological polar surface area (TPSA) is 71.6 Å². The third kappa shape index (κ3) is 2.76. The summed E-state index contributed by atoms with van der Waals surface area (Å²) in [6.07, 6.45) is 4.85. The van der Waals surface area contributed by atoms with Gasteiger partial charge >= 0.3 is 0 Å². The number of rotatable bonds is 2. The first-order valence-corrected chi connectivity index (χ1v) is 9.72. The minimum atomic E-state index is -0.715. The molecule has 5 heteroatoms. The number of aromatic amines is 1. The van der Waals surface area contributed by atoms with E-state index in [1.54, 1.807) is 6.07 Å². The molecule has 2 aliphatic heterocycles. The molecule has 27 heavy (non-hydrogen) atoms. The number of hydrogen-bond donors (Lipinski definition) is 2. The SMILES string of the molecule is CCCc1cc(=O)[nH]c2c3c(c4c(c12)OC(C)(C)C=C4)O[C@H](C)C(C)[C@H]3O. The molecule has 1 aromatic heterocycles. The number of H-pyrrole nitrogens is 1. The average Bonchev–Trinajstić information content (AvgIpc) is 2.58. The van der Waals surface area contributed by atoms with Gasteiger partial charge in [-0.25, -0.2) is 0 Å². The van der Waals surface area contributed by atoms with Gasteiger partial charge in [0, 0.05) is 22.9 Å². The molecule has 2 aliphatic rings. The average molecular weight is 369 g/mol. The molecule has 144 valence electrons. The number of aryl methyl sites for hydroxylation is 1. The zero-order valence-corrected chi connectivity index (χ0v) is 16.6. The third-order valence-corrected chi connectivity index (χ3v) is 5.73. The van der Waals surface area contributed by atoms with Crippen LogP contribution in [-0.2, 0) is 6.42 Å². The summed E-state index contributed by atoms with van der Waals surface area (Å²) >= 11 is 0. The number of aromatic nitrogens is 1. The van der Waals surface area contributed by atoms with Crippen molar-refractivity contribution in [3.05, 3.63) is 39.2 Å². The van der Waals surface area contributed by atoms with E-state index in [4.69, 9.17) is 9.47 Å². The van der Waals surface area contributed by atoms with Gasteiger partial charge in [0.05, 0.1) is 17.2 Å². The molecule has 1 unspecified atom stereocenters. The van der Waals surface area contributed by atoms with Crippen LogP contribution in [0, 0.1) is 5.92 Å². The Balaban J connectivity index is 2.17. The number of benzene rings is 1. The Labute approximate surface area is 159 Å². The summed E-state index contributed by atoms with van der Waals surface area (Å²) < 4.78 is 12.6. The van der Waals surface area contributed by atoms with Crippen molar-refractivity contribution in [1.82, 2.24) is 4.98 Å². The fourth-order valence-corrected chi connectivity index (χ4v) is 4.10. The molecule has 0 aliphatic carbocycles. The lowest BCUT2D eigenvalue weighted by Crippen LogP contribution is -2.34. The molecule has 0 radical (unpaired) electrons. The summed E-state index contributed by atoms with van der Waals surface area (Å²) in [6.45, 7) is 10.0. The van der Waals surface area contributed by atoms with Crippen molar-refractivity contribution in [2.24, 2.45) is 5.92 Å². The molecule has 0 saturated heterocycles. The third-order valence-electron chi connectivity index (χ3n) is 5.73. The van der Waals surface area contributed by atoms with Gasteiger partial charge in [0.2, 0.25) is 5.56 Å². The van der Waals surface area contributed by atoms with Crippen molar-refractivity contribution < 1.29 is 14.6 Å². The summed E-state index contributed by atoms with van der Waals surface area (Å²) in [5, 5.41) is 11.9. The molecular weight excluding hydrogens is 342 g/mol. The fraction of sp³-hybridized carbons (Fsp3) is 0.500. The van der Waals surface area contributed by atoms with Crippen molar-refractivity contribution in [3.8, 4) is 11.5 Å². The van der Waals surface area contributed by atoms with Crippen LogP contribution in [0.3, 0.4) is 0 Å². The Morgan fingerprint density at radius 1 is 1.26 bits per heavy atom. The molecule has 0 fully saturated rings. The molecule has 0 bridgehead atoms. The van der Waals surface area contributed by atoms with Gasteiger partial charge in [-0.2, -0.15) is 0 Å². The number of ether oxygens (including phenoxy) is 2. The first-order valence-electron chi connectivity index (χ1n) is 9.72. The summed E-state index contributed by atoms with van der Waals surface area (Å²) in [4.78, 5) is 15.3. The number of hydrogen-bond acceptors (Lipinski definition) is 4. The van der Waals surface area contributed by atoms with E-state index in [1.807, 2.05) is 39.8 Å². The fourth-order valence-electron chi connectivity index (χ4n) is 4.10. The Bertz CT molecular complexity index is 1000. The van der Waals surface area contributed by atoms with Crippen molar-refractivity contribution in [1.29, 1.82) is 0 Å². The molecule has 4 rings (SSSR count). The van der Waals surface area contributed by atoms with E-state index in [9.17, 15) is 9.90 Å². The highest BCUT2D eigenvalue weighted by Crippen LogP contribution is 2.51. The van der Waals surface area contributed by atoms with Gasteiger partial charge in [0.15, 0.2) is 0 Å². The summed E-state index contributed by atoms with van der Waals surface area (Å²) in [6, 6.07) is 1.65. The monoisotopic (exact) mass is 369 g/mol. The highest BCUT2D eigenvalue weighted by Gasteiger charge is 2.38. The first-order chi connectivity index (χ1) is 12.7. The number of aliphatic hydroxyl groups excluding tert-OH is 1. The minimum absolute atomic E-state index is 0.0815. The Kier molecular flexibility index (Phi) is 4.11. The van der Waals surface area contributed by atoms with Crippen molar-refractivity contribution >= 4 is 17.0 Å². The number of nitrogens with one attached hydrogen (secondary N) is 1. The zero-order chi connectivity index (χ0) is 19.5. The van der Waals surface area contributed by atoms with E-state index >= 15 is 0 Å². The normalized spacial score (nSPS) is 25.5. The van der Waals surface area contributed by atoms with Crippen LogP contribution >= 0.6 is 0 Å². The molecule has 2 N–H and O–H groups in total. The van der Waals surface area contributed by atoms with Gasteiger partial charge in [-0.15, -0.1) is 0 Å². The van der Waals surface area contributed by atoms with Crippen LogP contribution in [0.2, 0.25) is 0 Å². The van der Waals surface area contributed by atoms with Crippen molar-refractivity contribution in [3.63, 3.8) is 0 Å². The van der Waals surface area contributed by atoms with E-state index < -0.39 is 11.7 Å². The standard InChI is InChI=1S/C22H27NO4/c1-6-7-13-10-15(24)23-18-16(13)21-14(8-9-22(4,5)27-21)20-17(18)19(25)11(2)12(3)26-20/h8-12,19,25H,6-7H2,1-5H3,(H,23,24)/t11?,12-,19-/m1/s1. The van der Waals surface area contributed by atoms with E-state index in [1.165, 1.54) is 0 Å². The Morgan fingerprint density at radius 3 is 2.70 bits per heavy atom. The molecule has 1 aromatic carbocycles. The van der Waals surface area contributed by atoms with Gasteiger partial charge in [-0.1, -0.05) is 20.3 Å². The quantitative estimate of drug-likeness (QED) is 0.835. The molecule has 0 saturated carbocycles. The molecule has 3 atom stereocenters. The lowest BCUT2D eigenvalue weighted by molar-refractivity contribution is 0.0180. The molecule has 0 amide bonds. The van der Waals surface area contributed by atoms with Crippen LogP contribution in [0.1, 0.15) is 63.8 Å². The van der Waals surface area contributed by atoms with Crippen LogP contribution in [0.5, 0.6) is 11.5 Å². The second kappa shape index (κ2) is 6.13. The smallest absolute Gasteiger partial charge is 0.248 e. The van der Waals surface area contributed by atoms with Crippen molar-refractivity contribution in [2.75, 3.05) is 0 Å². The van der Waals surface area contributed by atoms with Gasteiger partial charge in [-0.05, 0) is 44.9 Å². The minimum Gasteiger partial charge on any atom is -0.489 e. The predicted molar refractivity (Wildman–Crippen MR) is 107 cm³/mol. The van der Waals surface area contributed by atoms with Crippen LogP contribution < -0.4 is 15.0 Å². The maximum atomic E-state index is 12.4. The lowest BCUT2D eigenvalue weighted by atomic mass is 9.84. The zero-order valence-electron chi connectivity index (χ0n) is 16.6. The van der Waals surface area contributed by atoms with E-state index in [2.05, 4.69) is 11.9 Å². The van der Waals surface area contributed by atoms with E-state index in [0.717, 1.165) is 35.1 Å². The van der Waals surface area contributed by atoms with Crippen LogP contribution in [0.4, 0.5) is 0 Å². The number of aliphatic hydroxyl groups is 1. The van der Waals surface area contributed by atoms with Crippen LogP contribution in [0.25, 0.3) is 17.0 Å². The van der Waals surface area contributed by atoms with E-state index in [0.29, 0.717) is 16.8 Å². The van der Waals surface area contributed by atoms with Crippen LogP contribution in [0.15, 0.2) is 16.9 Å². The molecular formula is C22H27NO4. The first kappa shape index (κ1) is 18.1. The van der Waals surface area contributed by atoms with Gasteiger partial charge in [0.1, 0.15) is 23.2 Å². The van der Waals surface area contributed by atoms with Gasteiger partial charge in [0.25, 0.3) is 0 Å². The molecule has 2 aromatic rings. The molecule has 3 heterocycles. The lowest BCUT2D eigenvalue weighted by Gasteiger charge is -2.38. The summed E-state index contributed by atoms with van der Waals surface area (Å²) in [5.74, 6) is 1.26. The van der Waals surface area contributed by atoms with Crippen molar-refractivity contribution in [2.45, 2.75) is 65.3 Å². The van der Waals surface area contributed by atoms with Gasteiger partial charge in [-0.3, -0.25) is 4.79 Å². The predicted octanol–water partition coefficient (Wildman–Crippen LogP) is 4.12. The maximum Gasteiger partial charge on any atom is 0.248 e. The Morgan fingerprint density at radius 2 is 2.00 bits per heavy atom. The second-order valence-corrected chi connectivity index (χ2v) is 8.31. The van der Waals surface area contributed by atoms with Crippen LogP contribution in [-0.4, -0.2) is 21.8 Å². The van der Waals surface area contributed by atoms with E-state index in [-0.39, 0.29) is 17.6 Å². The number of pyridine rings is 1. The number of fused-ring (bicyclic) bond motifs is 6. The Hall–Kier alpha value is -2.27. The highest BCUT2D eigenvalue weighted by atomic mass is 16.5.